The summed E-state index contributed by atoms with van der Waals surface area (Å²) in [5.41, 5.74) is 4.94. The van der Waals surface area contributed by atoms with Crippen molar-refractivity contribution in [3.8, 4) is 0 Å². The highest BCUT2D eigenvalue weighted by Crippen LogP contribution is 2.73. The Balaban J connectivity index is 1.15. The van der Waals surface area contributed by atoms with E-state index in [1.165, 1.54) is 116 Å². The van der Waals surface area contributed by atoms with Crippen LogP contribution in [0.15, 0.2) is 24.3 Å². The Morgan fingerprint density at radius 3 is 1.00 bits per heavy atom. The van der Waals surface area contributed by atoms with E-state index in [1.807, 2.05) is 0 Å². The molecule has 8 rings (SSSR count). The van der Waals surface area contributed by atoms with Crippen LogP contribution >= 0.6 is 0 Å². The molecule has 0 aromatic carbocycles. The molecule has 6 unspecified atom stereocenters. The largest absolute Gasteiger partial charge is 0.0993 e. The Bertz CT molecular complexity index is 1180. The Labute approximate surface area is 343 Å². The van der Waals surface area contributed by atoms with Crippen molar-refractivity contribution < 1.29 is 0 Å². The first kappa shape index (κ1) is 41.2. The number of hydrogen-bond acceptors (Lipinski definition) is 0. The Morgan fingerprint density at radius 1 is 0.327 bits per heavy atom. The molecule has 8 saturated carbocycles. The summed E-state index contributed by atoms with van der Waals surface area (Å²) in [5, 5.41) is 0. The molecular weight excluding hydrogens is 661 g/mol. The predicted molar refractivity (Wildman–Crippen MR) is 238 cm³/mol. The molecule has 0 bridgehead atoms. The zero-order valence-electron chi connectivity index (χ0n) is 37.8. The lowest BCUT2D eigenvalue weighted by Crippen LogP contribution is -2.55. The van der Waals surface area contributed by atoms with Crippen molar-refractivity contribution in [2.45, 2.75) is 221 Å². The van der Waals surface area contributed by atoms with Gasteiger partial charge in [-0.25, -0.2) is 0 Å². The molecule has 0 nitrogen and oxygen atoms in total. The highest BCUT2D eigenvalue weighted by Gasteiger charge is 2.66. The molecule has 8 fully saturated rings. The zero-order valence-corrected chi connectivity index (χ0v) is 37.8. The predicted octanol–water partition coefficient (Wildman–Crippen LogP) is 16.8. The maximum Gasteiger partial charge on any atom is -0.0179 e. The molecule has 8 aliphatic carbocycles. The van der Waals surface area contributed by atoms with Gasteiger partial charge in [0.2, 0.25) is 0 Å². The quantitative estimate of drug-likeness (QED) is 0.217. The summed E-state index contributed by atoms with van der Waals surface area (Å²) in [6.45, 7) is 25.5. The molecule has 312 valence electrons. The summed E-state index contributed by atoms with van der Waals surface area (Å²) >= 11 is 0. The van der Waals surface area contributed by atoms with Gasteiger partial charge in [0.25, 0.3) is 0 Å². The molecule has 8 aliphatic rings. The number of rotatable bonds is 8. The van der Waals surface area contributed by atoms with Gasteiger partial charge >= 0.3 is 0 Å². The molecule has 0 amide bonds. The van der Waals surface area contributed by atoms with Gasteiger partial charge in [-0.05, 0) is 228 Å². The molecule has 0 radical (unpaired) electrons. The first-order valence-corrected chi connectivity index (χ1v) is 25.7. The Hall–Kier alpha value is -0.520. The summed E-state index contributed by atoms with van der Waals surface area (Å²) in [7, 11) is 0. The Kier molecular flexibility index (Phi) is 12.6. The second-order valence-electron chi connectivity index (χ2n) is 24.8. The molecule has 6 atom stereocenters. The lowest BCUT2D eigenvalue weighted by molar-refractivity contribution is -0.126. The molecule has 0 saturated heterocycles. The van der Waals surface area contributed by atoms with E-state index in [0.717, 1.165) is 82.9 Å². The topological polar surface area (TPSA) is 0 Å². The highest BCUT2D eigenvalue weighted by atomic mass is 14.7. The smallest absolute Gasteiger partial charge is 0.0179 e. The van der Waals surface area contributed by atoms with Gasteiger partial charge in [-0.2, -0.15) is 0 Å². The summed E-state index contributed by atoms with van der Waals surface area (Å²) < 4.78 is 0. The highest BCUT2D eigenvalue weighted by molar-refractivity contribution is 5.17. The van der Waals surface area contributed by atoms with E-state index in [1.54, 1.807) is 75.4 Å². The number of allylic oxidation sites excluding steroid dienone is 2. The summed E-state index contributed by atoms with van der Waals surface area (Å²) in [5.74, 6) is 13.2. The molecule has 0 aromatic rings. The van der Waals surface area contributed by atoms with Crippen molar-refractivity contribution in [1.29, 1.82) is 0 Å². The monoisotopic (exact) mass is 753 g/mol. The first-order valence-electron chi connectivity index (χ1n) is 25.7. The molecule has 55 heavy (non-hydrogen) atoms. The fraction of sp³-hybridized carbons (Fsp3) is 0.927. The van der Waals surface area contributed by atoms with E-state index >= 15 is 0 Å². The second kappa shape index (κ2) is 16.9. The van der Waals surface area contributed by atoms with Crippen LogP contribution in [0.25, 0.3) is 0 Å². The molecule has 0 spiro atoms. The molecule has 0 heteroatoms. The van der Waals surface area contributed by atoms with Gasteiger partial charge in [0.05, 0.1) is 0 Å². The fourth-order valence-electron chi connectivity index (χ4n) is 17.8. The molecule has 0 aromatic heterocycles. The summed E-state index contributed by atoms with van der Waals surface area (Å²) in [6, 6.07) is 0. The molecule has 0 N–H and O–H groups in total. The van der Waals surface area contributed by atoms with Gasteiger partial charge in [0, 0.05) is 0 Å². The maximum atomic E-state index is 4.95. The van der Waals surface area contributed by atoms with Crippen molar-refractivity contribution >= 4 is 0 Å². The van der Waals surface area contributed by atoms with Crippen molar-refractivity contribution in [2.75, 3.05) is 0 Å². The van der Waals surface area contributed by atoms with Crippen LogP contribution in [0, 0.1) is 99.1 Å². The number of hydrogen-bond donors (Lipinski definition) is 0. The minimum atomic E-state index is 0.456. The summed E-state index contributed by atoms with van der Waals surface area (Å²) in [6.07, 6.45) is 42.1. The number of fused-ring (bicyclic) bond motifs is 3. The van der Waals surface area contributed by atoms with Gasteiger partial charge in [-0.3, -0.25) is 0 Å². The average Bonchev–Trinajstić information content (AvgIpc) is 3.86. The molecule has 0 aliphatic heterocycles. The van der Waals surface area contributed by atoms with Crippen molar-refractivity contribution in [1.82, 2.24) is 0 Å². The van der Waals surface area contributed by atoms with Gasteiger partial charge in [0.1, 0.15) is 0 Å². The average molecular weight is 753 g/mol. The minimum Gasteiger partial charge on any atom is -0.0993 e. The van der Waals surface area contributed by atoms with Crippen LogP contribution in [-0.4, -0.2) is 0 Å². The van der Waals surface area contributed by atoms with E-state index < -0.39 is 0 Å². The van der Waals surface area contributed by atoms with E-state index in [9.17, 15) is 0 Å². The first-order chi connectivity index (χ1) is 26.4. The van der Waals surface area contributed by atoms with E-state index in [2.05, 4.69) is 41.5 Å². The summed E-state index contributed by atoms with van der Waals surface area (Å²) in [4.78, 5) is 0. The van der Waals surface area contributed by atoms with E-state index in [4.69, 9.17) is 13.2 Å². The van der Waals surface area contributed by atoms with E-state index in [-0.39, 0.29) is 0 Å². The Morgan fingerprint density at radius 2 is 0.636 bits per heavy atom. The van der Waals surface area contributed by atoms with Crippen LogP contribution in [-0.2, 0) is 0 Å². The molecular formula is C55H92. The lowest BCUT2D eigenvalue weighted by atomic mass is 9.43. The van der Waals surface area contributed by atoms with Crippen molar-refractivity contribution in [3.05, 3.63) is 24.3 Å². The van der Waals surface area contributed by atoms with Crippen LogP contribution in [0.3, 0.4) is 0 Å². The van der Waals surface area contributed by atoms with E-state index in [0.29, 0.717) is 16.2 Å². The van der Waals surface area contributed by atoms with Crippen LogP contribution in [0.5, 0.6) is 0 Å². The van der Waals surface area contributed by atoms with Gasteiger partial charge < -0.3 is 0 Å². The van der Waals surface area contributed by atoms with Gasteiger partial charge in [-0.1, -0.05) is 117 Å². The van der Waals surface area contributed by atoms with Crippen molar-refractivity contribution in [3.63, 3.8) is 0 Å². The van der Waals surface area contributed by atoms with Gasteiger partial charge in [-0.15, -0.1) is 0 Å². The van der Waals surface area contributed by atoms with Crippen molar-refractivity contribution in [2.24, 2.45) is 99.1 Å². The van der Waals surface area contributed by atoms with Crippen LogP contribution in [0.1, 0.15) is 221 Å². The fourth-order valence-corrected chi connectivity index (χ4v) is 17.8. The third kappa shape index (κ3) is 8.08. The van der Waals surface area contributed by atoms with Crippen LogP contribution < -0.4 is 0 Å². The third-order valence-electron chi connectivity index (χ3n) is 20.6. The standard InChI is InChI=1S/C55H92/c1-37(39-17-11-9-12-18-39)41-23-27-44(28-24-41)55(43-21-15-16-22-43,45-29-25-42(26-30-45)38(2)40-19-13-10-14-20-40)52-48-33-31-46(53(3,4)5)35-50(48)51-36-47(54(6,7)8)32-34-49(51)52/h39-52H,1-2,9-36H2,3-8H3. The van der Waals surface area contributed by atoms with Gasteiger partial charge in [0.15, 0.2) is 0 Å². The van der Waals surface area contributed by atoms with Crippen LogP contribution in [0.4, 0.5) is 0 Å². The maximum absolute atomic E-state index is 4.95. The second-order valence-corrected chi connectivity index (χ2v) is 24.8. The molecule has 0 heterocycles. The SMILES string of the molecule is C=C(C1CCCCC1)C1CCC(C(C2CCCC2)(C2CCC(C(=C)C3CCCCC3)CC2)C2C3CCC(C(C)(C)C)CC3C3CC(C(C)(C)C)CCC32)CC1. The third-order valence-corrected chi connectivity index (χ3v) is 20.6. The van der Waals surface area contributed by atoms with Crippen LogP contribution in [0.2, 0.25) is 0 Å². The minimum absolute atomic E-state index is 0.456. The zero-order chi connectivity index (χ0) is 38.5. The normalized spacial score (nSPS) is 41.3. The lowest BCUT2D eigenvalue weighted by Gasteiger charge is -2.61.